The van der Waals surface area contributed by atoms with Crippen LogP contribution in [0.15, 0.2) is 36.4 Å². The number of ether oxygens (including phenoxy) is 1. The van der Waals surface area contributed by atoms with Gasteiger partial charge in [0.05, 0.1) is 10.9 Å². The molecule has 0 aliphatic carbocycles. The first-order valence-corrected chi connectivity index (χ1v) is 6.79. The zero-order valence-corrected chi connectivity index (χ0v) is 11.3. The third-order valence-corrected chi connectivity index (χ3v) is 3.54. The Morgan fingerprint density at radius 2 is 1.94 bits per heavy atom. The monoisotopic (exact) mass is 283 g/mol. The molecule has 2 aromatic rings. The molecule has 0 radical (unpaired) electrons. The van der Waals surface area contributed by atoms with Gasteiger partial charge in [0.15, 0.2) is 0 Å². The van der Waals surface area contributed by atoms with Crippen LogP contribution in [0.1, 0.15) is 4.88 Å². The van der Waals surface area contributed by atoms with Crippen LogP contribution in [0, 0.1) is 0 Å². The van der Waals surface area contributed by atoms with Crippen molar-refractivity contribution in [2.24, 2.45) is 0 Å². The summed E-state index contributed by atoms with van der Waals surface area (Å²) in [6.45, 7) is 1.10. The smallest absolute Gasteiger partial charge is 0.119 e. The van der Waals surface area contributed by atoms with Crippen molar-refractivity contribution in [3.8, 4) is 5.75 Å². The highest BCUT2D eigenvalue weighted by Crippen LogP contribution is 2.23. The summed E-state index contributed by atoms with van der Waals surface area (Å²) >= 11 is 7.44. The zero-order chi connectivity index (χ0) is 12.8. The fraction of sp³-hybridized carbons (Fsp3) is 0.231. The number of anilines is 1. The maximum Gasteiger partial charge on any atom is 0.119 e. The molecule has 0 atom stereocenters. The van der Waals surface area contributed by atoms with E-state index in [4.69, 9.17) is 21.4 Å². The van der Waals surface area contributed by atoms with E-state index in [1.807, 2.05) is 36.4 Å². The van der Waals surface area contributed by atoms with E-state index in [-0.39, 0.29) is 6.61 Å². The van der Waals surface area contributed by atoms with E-state index in [1.165, 1.54) is 4.88 Å². The summed E-state index contributed by atoms with van der Waals surface area (Å²) in [7, 11) is 0. The minimum atomic E-state index is 0.0269. The second-order valence-corrected chi connectivity index (χ2v) is 5.46. The number of halogens is 1. The van der Waals surface area contributed by atoms with E-state index in [0.717, 1.165) is 22.3 Å². The lowest BCUT2D eigenvalue weighted by Gasteiger charge is -2.07. The first-order valence-electron chi connectivity index (χ1n) is 5.60. The predicted octanol–water partition coefficient (Wildman–Crippen LogP) is 3.38. The molecule has 2 N–H and O–H groups in total. The van der Waals surface area contributed by atoms with Gasteiger partial charge in [-0.2, -0.15) is 0 Å². The molecule has 0 amide bonds. The largest absolute Gasteiger partial charge is 0.491 e. The normalized spacial score (nSPS) is 10.3. The van der Waals surface area contributed by atoms with Gasteiger partial charge < -0.3 is 15.2 Å². The highest BCUT2D eigenvalue weighted by atomic mass is 35.5. The molecule has 1 heterocycles. The highest BCUT2D eigenvalue weighted by Gasteiger charge is 1.99. The number of rotatable bonds is 6. The Bertz CT molecular complexity index is 484. The van der Waals surface area contributed by atoms with Gasteiger partial charge in [-0.15, -0.1) is 11.3 Å². The lowest BCUT2D eigenvalue weighted by Crippen LogP contribution is -2.02. The Hall–Kier alpha value is -1.23. The maximum atomic E-state index is 8.65. The summed E-state index contributed by atoms with van der Waals surface area (Å²) < 4.78 is 6.09. The molecule has 0 fully saturated rings. The molecule has 0 bridgehead atoms. The van der Waals surface area contributed by atoms with Crippen LogP contribution >= 0.6 is 22.9 Å². The van der Waals surface area contributed by atoms with Gasteiger partial charge in [0.25, 0.3) is 0 Å². The van der Waals surface area contributed by atoms with Crippen molar-refractivity contribution in [3.63, 3.8) is 0 Å². The molecule has 0 saturated carbocycles. The Balaban J connectivity index is 1.86. The van der Waals surface area contributed by atoms with Crippen LogP contribution in [-0.2, 0) is 6.54 Å². The molecule has 2 rings (SSSR count). The molecule has 1 aromatic carbocycles. The van der Waals surface area contributed by atoms with Crippen LogP contribution in [0.4, 0.5) is 5.69 Å². The van der Waals surface area contributed by atoms with Crippen LogP contribution in [0.3, 0.4) is 0 Å². The number of benzene rings is 1. The lowest BCUT2D eigenvalue weighted by atomic mass is 10.3. The van der Waals surface area contributed by atoms with Crippen molar-refractivity contribution in [3.05, 3.63) is 45.6 Å². The van der Waals surface area contributed by atoms with Gasteiger partial charge in [0.1, 0.15) is 12.4 Å². The fourth-order valence-corrected chi connectivity index (χ4v) is 2.50. The molecule has 0 aliphatic heterocycles. The molecule has 18 heavy (non-hydrogen) atoms. The molecule has 3 nitrogen and oxygen atoms in total. The van der Waals surface area contributed by atoms with E-state index < -0.39 is 0 Å². The third-order valence-electron chi connectivity index (χ3n) is 2.31. The molecule has 0 spiro atoms. The van der Waals surface area contributed by atoms with Crippen molar-refractivity contribution in [1.82, 2.24) is 0 Å². The maximum absolute atomic E-state index is 8.65. The average molecular weight is 284 g/mol. The molecule has 5 heteroatoms. The van der Waals surface area contributed by atoms with Gasteiger partial charge in [0, 0.05) is 17.1 Å². The first-order chi connectivity index (χ1) is 8.78. The summed E-state index contributed by atoms with van der Waals surface area (Å²) in [6.07, 6.45) is 0. The minimum absolute atomic E-state index is 0.0269. The Kier molecular flexibility index (Phi) is 4.87. The number of hydrogen-bond acceptors (Lipinski definition) is 4. The topological polar surface area (TPSA) is 41.5 Å². The first kappa shape index (κ1) is 13.2. The average Bonchev–Trinajstić information content (AvgIpc) is 2.81. The third kappa shape index (κ3) is 3.91. The SMILES string of the molecule is OCCOc1ccc(NCc2ccc(Cl)s2)cc1. The van der Waals surface area contributed by atoms with E-state index >= 15 is 0 Å². The number of hydrogen-bond donors (Lipinski definition) is 2. The van der Waals surface area contributed by atoms with Crippen molar-refractivity contribution < 1.29 is 9.84 Å². The predicted molar refractivity (Wildman–Crippen MR) is 75.7 cm³/mol. The van der Waals surface area contributed by atoms with Gasteiger partial charge in [-0.05, 0) is 36.4 Å². The van der Waals surface area contributed by atoms with Gasteiger partial charge in [0.2, 0.25) is 0 Å². The van der Waals surface area contributed by atoms with Gasteiger partial charge in [-0.1, -0.05) is 11.6 Å². The molecule has 0 unspecified atom stereocenters. The van der Waals surface area contributed by atoms with Gasteiger partial charge in [-0.25, -0.2) is 0 Å². The molecule has 0 saturated heterocycles. The summed E-state index contributed by atoms with van der Waals surface area (Å²) in [5, 5.41) is 12.0. The quantitative estimate of drug-likeness (QED) is 0.854. The summed E-state index contributed by atoms with van der Waals surface area (Å²) in [5.41, 5.74) is 1.02. The van der Waals surface area contributed by atoms with Crippen LogP contribution in [0.25, 0.3) is 0 Å². The molecule has 96 valence electrons. The Morgan fingerprint density at radius 1 is 1.17 bits per heavy atom. The molecular weight excluding hydrogens is 270 g/mol. The zero-order valence-electron chi connectivity index (χ0n) is 9.73. The standard InChI is InChI=1S/C13H14ClNO2S/c14-13-6-5-12(18-13)9-15-10-1-3-11(4-2-10)17-8-7-16/h1-6,15-16H,7-9H2. The highest BCUT2D eigenvalue weighted by molar-refractivity contribution is 7.16. The van der Waals surface area contributed by atoms with E-state index in [9.17, 15) is 0 Å². The second-order valence-electron chi connectivity index (χ2n) is 3.66. The van der Waals surface area contributed by atoms with Crippen molar-refractivity contribution in [1.29, 1.82) is 0 Å². The van der Waals surface area contributed by atoms with Crippen LogP contribution in [-0.4, -0.2) is 18.3 Å². The fourth-order valence-electron chi connectivity index (χ4n) is 1.47. The van der Waals surface area contributed by atoms with Crippen molar-refractivity contribution in [2.45, 2.75) is 6.54 Å². The number of aliphatic hydroxyl groups is 1. The van der Waals surface area contributed by atoms with E-state index in [1.54, 1.807) is 11.3 Å². The second kappa shape index (κ2) is 6.64. The Morgan fingerprint density at radius 3 is 2.56 bits per heavy atom. The number of nitrogens with one attached hydrogen (secondary N) is 1. The summed E-state index contributed by atoms with van der Waals surface area (Å²) in [5.74, 6) is 0.758. The van der Waals surface area contributed by atoms with Crippen LogP contribution in [0.5, 0.6) is 5.75 Å². The van der Waals surface area contributed by atoms with Gasteiger partial charge in [-0.3, -0.25) is 0 Å². The van der Waals surface area contributed by atoms with Gasteiger partial charge >= 0.3 is 0 Å². The van der Waals surface area contributed by atoms with Crippen molar-refractivity contribution >= 4 is 28.6 Å². The molecule has 0 aliphatic rings. The number of thiophene rings is 1. The Labute approximate surface area is 115 Å². The minimum Gasteiger partial charge on any atom is -0.491 e. The molecule has 1 aromatic heterocycles. The lowest BCUT2D eigenvalue weighted by molar-refractivity contribution is 0.201. The molecular formula is C13H14ClNO2S. The van der Waals surface area contributed by atoms with Crippen LogP contribution < -0.4 is 10.1 Å². The van der Waals surface area contributed by atoms with Crippen LogP contribution in [0.2, 0.25) is 4.34 Å². The summed E-state index contributed by atoms with van der Waals surface area (Å²) in [6, 6.07) is 11.6. The number of aliphatic hydroxyl groups excluding tert-OH is 1. The van der Waals surface area contributed by atoms with E-state index in [2.05, 4.69) is 5.32 Å². The summed E-state index contributed by atoms with van der Waals surface area (Å²) in [4.78, 5) is 1.20. The van der Waals surface area contributed by atoms with Crippen molar-refractivity contribution in [2.75, 3.05) is 18.5 Å². The van der Waals surface area contributed by atoms with E-state index in [0.29, 0.717) is 6.61 Å².